The Labute approximate surface area is 114 Å². The van der Waals surface area contributed by atoms with Crippen LogP contribution in [0.4, 0.5) is 10.1 Å². The molecular formula is C12H14FIN2O. The molecule has 0 aromatic heterocycles. The van der Waals surface area contributed by atoms with E-state index in [4.69, 9.17) is 0 Å². The van der Waals surface area contributed by atoms with Crippen LogP contribution in [0.2, 0.25) is 0 Å². The zero-order valence-electron chi connectivity index (χ0n) is 9.54. The summed E-state index contributed by atoms with van der Waals surface area (Å²) < 4.78 is 14.0. The number of nitrogens with zero attached hydrogens (tertiary/aromatic N) is 1. The lowest BCUT2D eigenvalue weighted by atomic mass is 10.0. The van der Waals surface area contributed by atoms with Crippen LogP contribution in [0.3, 0.4) is 0 Å². The highest BCUT2D eigenvalue weighted by molar-refractivity contribution is 14.1. The van der Waals surface area contributed by atoms with Gasteiger partial charge >= 0.3 is 0 Å². The van der Waals surface area contributed by atoms with Gasteiger partial charge in [-0.1, -0.05) is 6.07 Å². The average molecular weight is 348 g/mol. The molecule has 92 valence electrons. The van der Waals surface area contributed by atoms with Crippen molar-refractivity contribution in [2.24, 2.45) is 0 Å². The van der Waals surface area contributed by atoms with Gasteiger partial charge in [-0.2, -0.15) is 0 Å². The maximum absolute atomic E-state index is 13.5. The Bertz CT molecular complexity index is 439. The second-order valence-corrected chi connectivity index (χ2v) is 5.13. The lowest BCUT2D eigenvalue weighted by Gasteiger charge is -2.32. The van der Waals surface area contributed by atoms with Crippen LogP contribution >= 0.6 is 22.6 Å². The maximum atomic E-state index is 13.5. The van der Waals surface area contributed by atoms with Crippen molar-refractivity contribution in [1.29, 1.82) is 0 Å². The van der Waals surface area contributed by atoms with E-state index in [1.807, 2.05) is 22.6 Å². The van der Waals surface area contributed by atoms with E-state index in [1.165, 1.54) is 6.07 Å². The molecule has 5 heteroatoms. The van der Waals surface area contributed by atoms with Crippen LogP contribution in [0.15, 0.2) is 18.2 Å². The molecule has 1 N–H and O–H groups in total. The number of halogens is 2. The summed E-state index contributed by atoms with van der Waals surface area (Å²) in [5, 5.41) is 3.00. The van der Waals surface area contributed by atoms with Gasteiger partial charge in [-0.15, -0.1) is 0 Å². The van der Waals surface area contributed by atoms with E-state index in [2.05, 4.69) is 5.32 Å². The summed E-state index contributed by atoms with van der Waals surface area (Å²) in [6.07, 6.45) is 1.78. The Morgan fingerprint density at radius 2 is 2.29 bits per heavy atom. The standard InChI is InChI=1S/C12H14FIN2O/c1-15-9-5-3-7-16(12(9)17)10-6-2-4-8(13)11(10)14/h2,4,6,9,15H,3,5,7H2,1H3. The molecule has 1 heterocycles. The lowest BCUT2D eigenvalue weighted by Crippen LogP contribution is -2.50. The fourth-order valence-electron chi connectivity index (χ4n) is 2.08. The topological polar surface area (TPSA) is 32.3 Å². The summed E-state index contributed by atoms with van der Waals surface area (Å²) >= 11 is 1.95. The third-order valence-corrected chi connectivity index (χ3v) is 4.08. The summed E-state index contributed by atoms with van der Waals surface area (Å²) in [7, 11) is 1.78. The van der Waals surface area contributed by atoms with Crippen LogP contribution in [0.25, 0.3) is 0 Å². The van der Waals surface area contributed by atoms with Gasteiger partial charge in [0, 0.05) is 6.54 Å². The number of piperidine rings is 1. The fourth-order valence-corrected chi connectivity index (χ4v) is 2.73. The van der Waals surface area contributed by atoms with Crippen molar-refractivity contribution >= 4 is 34.2 Å². The van der Waals surface area contributed by atoms with E-state index in [0.29, 0.717) is 15.8 Å². The van der Waals surface area contributed by atoms with Crippen molar-refractivity contribution in [1.82, 2.24) is 5.32 Å². The number of benzene rings is 1. The molecule has 1 fully saturated rings. The molecule has 1 aliphatic rings. The molecule has 0 radical (unpaired) electrons. The molecule has 1 saturated heterocycles. The predicted molar refractivity (Wildman–Crippen MR) is 73.6 cm³/mol. The molecule has 0 aliphatic carbocycles. The molecule has 1 amide bonds. The van der Waals surface area contributed by atoms with Crippen molar-refractivity contribution in [3.05, 3.63) is 27.6 Å². The Balaban J connectivity index is 2.33. The number of carbonyl (C=O) groups excluding carboxylic acids is 1. The smallest absolute Gasteiger partial charge is 0.244 e. The van der Waals surface area contributed by atoms with E-state index >= 15 is 0 Å². The number of hydrogen-bond acceptors (Lipinski definition) is 2. The van der Waals surface area contributed by atoms with Crippen molar-refractivity contribution in [3.63, 3.8) is 0 Å². The number of carbonyl (C=O) groups is 1. The number of amides is 1. The van der Waals surface area contributed by atoms with Crippen molar-refractivity contribution in [3.8, 4) is 0 Å². The minimum atomic E-state index is -0.275. The minimum Gasteiger partial charge on any atom is -0.310 e. The molecule has 0 bridgehead atoms. The zero-order chi connectivity index (χ0) is 12.4. The maximum Gasteiger partial charge on any atom is 0.244 e. The average Bonchev–Trinajstić information content (AvgIpc) is 2.33. The van der Waals surface area contributed by atoms with Crippen LogP contribution in [0, 0.1) is 9.39 Å². The van der Waals surface area contributed by atoms with E-state index in [9.17, 15) is 9.18 Å². The van der Waals surface area contributed by atoms with Crippen molar-refractivity contribution in [2.45, 2.75) is 18.9 Å². The second kappa shape index (κ2) is 5.30. The minimum absolute atomic E-state index is 0.0299. The summed E-state index contributed by atoms with van der Waals surface area (Å²) in [6.45, 7) is 0.663. The third kappa shape index (κ3) is 2.44. The lowest BCUT2D eigenvalue weighted by molar-refractivity contribution is -0.121. The zero-order valence-corrected chi connectivity index (χ0v) is 11.7. The van der Waals surface area contributed by atoms with Gasteiger partial charge in [-0.3, -0.25) is 4.79 Å². The molecular weight excluding hydrogens is 334 g/mol. The molecule has 1 atom stereocenters. The summed E-state index contributed by atoms with van der Waals surface area (Å²) in [4.78, 5) is 13.8. The normalized spacial score (nSPS) is 20.8. The highest BCUT2D eigenvalue weighted by Gasteiger charge is 2.29. The summed E-state index contributed by atoms with van der Waals surface area (Å²) in [6, 6.07) is 4.70. The van der Waals surface area contributed by atoms with Gasteiger partial charge in [0.25, 0.3) is 0 Å². The predicted octanol–water partition coefficient (Wildman–Crippen LogP) is 2.15. The van der Waals surface area contributed by atoms with Crippen LogP contribution in [0.1, 0.15) is 12.8 Å². The quantitative estimate of drug-likeness (QED) is 0.831. The number of hydrogen-bond donors (Lipinski definition) is 1. The van der Waals surface area contributed by atoms with Gasteiger partial charge in [0.05, 0.1) is 15.3 Å². The first kappa shape index (κ1) is 12.8. The van der Waals surface area contributed by atoms with Gasteiger partial charge in [0.1, 0.15) is 5.82 Å². The molecule has 2 rings (SSSR count). The third-order valence-electron chi connectivity index (χ3n) is 3.01. The highest BCUT2D eigenvalue weighted by Crippen LogP contribution is 2.28. The van der Waals surface area contributed by atoms with Crippen molar-refractivity contribution < 1.29 is 9.18 Å². The van der Waals surface area contributed by atoms with Gasteiger partial charge in [-0.05, 0) is 54.6 Å². The SMILES string of the molecule is CNC1CCCN(c2cccc(F)c2I)C1=O. The van der Waals surface area contributed by atoms with Crippen molar-refractivity contribution in [2.75, 3.05) is 18.5 Å². The molecule has 1 aromatic carbocycles. The van der Waals surface area contributed by atoms with E-state index < -0.39 is 0 Å². The molecule has 0 spiro atoms. The monoisotopic (exact) mass is 348 g/mol. The first-order valence-corrected chi connectivity index (χ1v) is 6.65. The van der Waals surface area contributed by atoms with Crippen LogP contribution in [-0.2, 0) is 4.79 Å². The van der Waals surface area contributed by atoms with Crippen LogP contribution in [-0.4, -0.2) is 25.5 Å². The van der Waals surface area contributed by atoms with Gasteiger partial charge in [-0.25, -0.2) is 4.39 Å². The fraction of sp³-hybridized carbons (Fsp3) is 0.417. The first-order valence-electron chi connectivity index (χ1n) is 5.58. The van der Waals surface area contributed by atoms with E-state index in [-0.39, 0.29) is 17.8 Å². The number of likely N-dealkylation sites (N-methyl/N-ethyl adjacent to an activating group) is 1. The van der Waals surface area contributed by atoms with E-state index in [0.717, 1.165) is 12.8 Å². The van der Waals surface area contributed by atoms with Crippen LogP contribution < -0.4 is 10.2 Å². The molecule has 3 nitrogen and oxygen atoms in total. The highest BCUT2D eigenvalue weighted by atomic mass is 127. The Hall–Kier alpha value is -0.690. The van der Waals surface area contributed by atoms with Gasteiger partial charge in [0.2, 0.25) is 5.91 Å². The molecule has 0 saturated carbocycles. The van der Waals surface area contributed by atoms with Gasteiger partial charge < -0.3 is 10.2 Å². The first-order chi connectivity index (χ1) is 8.15. The van der Waals surface area contributed by atoms with E-state index in [1.54, 1.807) is 24.1 Å². The molecule has 1 unspecified atom stereocenters. The number of nitrogens with one attached hydrogen (secondary N) is 1. The molecule has 17 heavy (non-hydrogen) atoms. The molecule has 1 aliphatic heterocycles. The second-order valence-electron chi connectivity index (χ2n) is 4.05. The molecule has 1 aromatic rings. The van der Waals surface area contributed by atoms with Gasteiger partial charge in [0.15, 0.2) is 0 Å². The summed E-state index contributed by atoms with van der Waals surface area (Å²) in [5.74, 6) is -0.246. The largest absolute Gasteiger partial charge is 0.310 e. The Kier molecular flexibility index (Phi) is 3.98. The Morgan fingerprint density at radius 1 is 1.53 bits per heavy atom. The number of anilines is 1. The number of rotatable bonds is 2. The van der Waals surface area contributed by atoms with Crippen LogP contribution in [0.5, 0.6) is 0 Å². The Morgan fingerprint density at radius 3 is 3.00 bits per heavy atom. The summed E-state index contributed by atoms with van der Waals surface area (Å²) in [5.41, 5.74) is 0.676.